The first-order valence-corrected chi connectivity index (χ1v) is 4.08. The molecule has 0 N–H and O–H groups in total. The van der Waals surface area contributed by atoms with Gasteiger partial charge in [0, 0.05) is 11.6 Å². The normalized spacial score (nSPS) is 19.8. The molecule has 0 saturated heterocycles. The monoisotopic (exact) mass is 168 g/mol. The average molecular weight is 169 g/mol. The quantitative estimate of drug-likeness (QED) is 0.601. The van der Waals surface area contributed by atoms with Crippen molar-refractivity contribution in [3.8, 4) is 0 Å². The summed E-state index contributed by atoms with van der Waals surface area (Å²) in [6.45, 7) is 2.20. The maximum Gasteiger partial charge on any atom is 0.222 e. The Morgan fingerprint density at radius 1 is 1.55 bits per heavy atom. The summed E-state index contributed by atoms with van der Waals surface area (Å²) in [6, 6.07) is 1.94. The molecule has 1 saturated carbocycles. The average Bonchev–Trinajstić information content (AvgIpc) is 2.70. The molecule has 0 radical (unpaired) electrons. The Kier molecular flexibility index (Phi) is 1.39. The molecular weight excluding hydrogens is 160 g/mol. The van der Waals surface area contributed by atoms with Gasteiger partial charge in [-0.3, -0.25) is 0 Å². The summed E-state index contributed by atoms with van der Waals surface area (Å²) in [4.78, 5) is 8.00. The number of hydrogen-bond donors (Lipinski definition) is 0. The van der Waals surface area contributed by atoms with Gasteiger partial charge in [-0.1, -0.05) is 6.92 Å². The topological polar surface area (TPSA) is 25.8 Å². The molecule has 2 nitrogen and oxygen atoms in total. The SMILES string of the molecule is CC1(c2ccnc(Cl)n2)CC1. The summed E-state index contributed by atoms with van der Waals surface area (Å²) in [5, 5.41) is 0.357. The van der Waals surface area contributed by atoms with Gasteiger partial charge in [-0.25, -0.2) is 9.97 Å². The smallest absolute Gasteiger partial charge is 0.222 e. The summed E-state index contributed by atoms with van der Waals surface area (Å²) >= 11 is 5.66. The summed E-state index contributed by atoms with van der Waals surface area (Å²) in [6.07, 6.45) is 4.16. The number of rotatable bonds is 1. The van der Waals surface area contributed by atoms with Gasteiger partial charge in [-0.15, -0.1) is 0 Å². The van der Waals surface area contributed by atoms with Crippen LogP contribution in [-0.4, -0.2) is 9.97 Å². The van der Waals surface area contributed by atoms with E-state index in [4.69, 9.17) is 11.6 Å². The number of nitrogens with zero attached hydrogens (tertiary/aromatic N) is 2. The molecule has 58 valence electrons. The lowest BCUT2D eigenvalue weighted by molar-refractivity contribution is 0.744. The van der Waals surface area contributed by atoms with Crippen molar-refractivity contribution in [1.29, 1.82) is 0 Å². The van der Waals surface area contributed by atoms with E-state index in [0.717, 1.165) is 5.69 Å². The molecule has 11 heavy (non-hydrogen) atoms. The first-order chi connectivity index (χ1) is 5.21. The zero-order valence-electron chi connectivity index (χ0n) is 6.34. The van der Waals surface area contributed by atoms with Gasteiger partial charge in [0.2, 0.25) is 5.28 Å². The molecule has 0 amide bonds. The van der Waals surface area contributed by atoms with Gasteiger partial charge in [0.15, 0.2) is 0 Å². The highest BCUT2D eigenvalue weighted by molar-refractivity contribution is 6.28. The molecule has 2 rings (SSSR count). The van der Waals surface area contributed by atoms with E-state index in [2.05, 4.69) is 16.9 Å². The fourth-order valence-corrected chi connectivity index (χ4v) is 1.26. The minimum absolute atomic E-state index is 0.298. The summed E-state index contributed by atoms with van der Waals surface area (Å²) < 4.78 is 0. The van der Waals surface area contributed by atoms with Crippen LogP contribution in [0.3, 0.4) is 0 Å². The molecule has 0 unspecified atom stereocenters. The zero-order valence-corrected chi connectivity index (χ0v) is 7.10. The first kappa shape index (κ1) is 7.04. The van der Waals surface area contributed by atoms with E-state index in [-0.39, 0.29) is 0 Å². The molecule has 1 aromatic heterocycles. The second-order valence-electron chi connectivity index (χ2n) is 3.27. The van der Waals surface area contributed by atoms with E-state index in [1.165, 1.54) is 12.8 Å². The molecule has 0 spiro atoms. The predicted octanol–water partition coefficient (Wildman–Crippen LogP) is 2.18. The zero-order chi connectivity index (χ0) is 7.90. The fraction of sp³-hybridized carbons (Fsp3) is 0.500. The molecule has 1 aromatic rings. The van der Waals surface area contributed by atoms with Crippen LogP contribution in [0.15, 0.2) is 12.3 Å². The number of hydrogen-bond acceptors (Lipinski definition) is 2. The lowest BCUT2D eigenvalue weighted by Crippen LogP contribution is -2.03. The maximum absolute atomic E-state index is 5.66. The van der Waals surface area contributed by atoms with Crippen LogP contribution in [0.5, 0.6) is 0 Å². The van der Waals surface area contributed by atoms with E-state index >= 15 is 0 Å². The lowest BCUT2D eigenvalue weighted by atomic mass is 10.1. The third kappa shape index (κ3) is 1.23. The Balaban J connectivity index is 2.38. The molecule has 1 aliphatic rings. The van der Waals surface area contributed by atoms with Crippen LogP contribution in [0.2, 0.25) is 5.28 Å². The highest BCUT2D eigenvalue weighted by Crippen LogP contribution is 2.46. The second kappa shape index (κ2) is 2.18. The van der Waals surface area contributed by atoms with Gasteiger partial charge in [-0.2, -0.15) is 0 Å². The molecule has 1 fully saturated rings. The van der Waals surface area contributed by atoms with E-state index in [1.807, 2.05) is 6.07 Å². The highest BCUT2D eigenvalue weighted by Gasteiger charge is 2.40. The third-order valence-corrected chi connectivity index (χ3v) is 2.43. The van der Waals surface area contributed by atoms with Gasteiger partial charge in [0.05, 0.1) is 5.69 Å². The number of aromatic nitrogens is 2. The van der Waals surface area contributed by atoms with Crippen molar-refractivity contribution in [3.05, 3.63) is 23.2 Å². The predicted molar refractivity (Wildman–Crippen MR) is 43.6 cm³/mol. The van der Waals surface area contributed by atoms with Crippen LogP contribution in [0, 0.1) is 0 Å². The molecule has 1 heterocycles. The molecular formula is C8H9ClN2. The second-order valence-corrected chi connectivity index (χ2v) is 3.61. The Morgan fingerprint density at radius 2 is 2.27 bits per heavy atom. The Labute approximate surface area is 70.6 Å². The Hall–Kier alpha value is -0.630. The standard InChI is InChI=1S/C8H9ClN2/c1-8(3-4-8)6-2-5-10-7(9)11-6/h2,5H,3-4H2,1H3. The van der Waals surface area contributed by atoms with Gasteiger partial charge in [0.1, 0.15) is 0 Å². The van der Waals surface area contributed by atoms with Crippen LogP contribution in [0.4, 0.5) is 0 Å². The van der Waals surface area contributed by atoms with E-state index in [9.17, 15) is 0 Å². The third-order valence-electron chi connectivity index (χ3n) is 2.24. The van der Waals surface area contributed by atoms with Crippen LogP contribution < -0.4 is 0 Å². The van der Waals surface area contributed by atoms with E-state index in [1.54, 1.807) is 6.20 Å². The van der Waals surface area contributed by atoms with Crippen molar-refractivity contribution in [2.24, 2.45) is 0 Å². The summed E-state index contributed by atoms with van der Waals surface area (Å²) in [5.74, 6) is 0. The van der Waals surface area contributed by atoms with Crippen molar-refractivity contribution in [1.82, 2.24) is 9.97 Å². The summed E-state index contributed by atoms with van der Waals surface area (Å²) in [7, 11) is 0. The van der Waals surface area contributed by atoms with Crippen molar-refractivity contribution in [2.75, 3.05) is 0 Å². The molecule has 0 atom stereocenters. The fourth-order valence-electron chi connectivity index (χ4n) is 1.11. The van der Waals surface area contributed by atoms with Crippen molar-refractivity contribution < 1.29 is 0 Å². The molecule has 0 bridgehead atoms. The molecule has 0 aromatic carbocycles. The van der Waals surface area contributed by atoms with Crippen molar-refractivity contribution in [2.45, 2.75) is 25.2 Å². The van der Waals surface area contributed by atoms with Gasteiger partial charge in [-0.05, 0) is 30.5 Å². The minimum atomic E-state index is 0.298. The Bertz CT molecular complexity index is 281. The number of halogens is 1. The largest absolute Gasteiger partial charge is 0.227 e. The van der Waals surface area contributed by atoms with E-state index in [0.29, 0.717) is 10.7 Å². The van der Waals surface area contributed by atoms with Crippen LogP contribution >= 0.6 is 11.6 Å². The molecule has 0 aliphatic heterocycles. The maximum atomic E-state index is 5.66. The minimum Gasteiger partial charge on any atom is -0.227 e. The lowest BCUT2D eigenvalue weighted by Gasteiger charge is -2.05. The summed E-state index contributed by atoms with van der Waals surface area (Å²) in [5.41, 5.74) is 1.38. The molecule has 3 heteroatoms. The first-order valence-electron chi connectivity index (χ1n) is 3.70. The van der Waals surface area contributed by atoms with Crippen LogP contribution in [-0.2, 0) is 5.41 Å². The van der Waals surface area contributed by atoms with E-state index < -0.39 is 0 Å². The van der Waals surface area contributed by atoms with Gasteiger partial charge < -0.3 is 0 Å². The van der Waals surface area contributed by atoms with Crippen LogP contribution in [0.25, 0.3) is 0 Å². The van der Waals surface area contributed by atoms with Crippen molar-refractivity contribution in [3.63, 3.8) is 0 Å². The Morgan fingerprint density at radius 3 is 2.82 bits per heavy atom. The van der Waals surface area contributed by atoms with Gasteiger partial charge in [0.25, 0.3) is 0 Å². The highest BCUT2D eigenvalue weighted by atomic mass is 35.5. The van der Waals surface area contributed by atoms with Gasteiger partial charge >= 0.3 is 0 Å². The molecule has 1 aliphatic carbocycles. The van der Waals surface area contributed by atoms with Crippen LogP contribution in [0.1, 0.15) is 25.5 Å². The van der Waals surface area contributed by atoms with Crippen molar-refractivity contribution >= 4 is 11.6 Å².